The molecule has 0 aliphatic heterocycles. The minimum atomic E-state index is -3.81. The predicted molar refractivity (Wildman–Crippen MR) is 101 cm³/mol. The molecule has 0 radical (unpaired) electrons. The van der Waals surface area contributed by atoms with E-state index in [-0.39, 0.29) is 9.92 Å². The SMILES string of the molecule is O=S(=O)(Nc1ccccc1-c1cn2ccsc2n1)c1ccccc1Cl. The van der Waals surface area contributed by atoms with Gasteiger partial charge in [-0.15, -0.1) is 11.3 Å². The molecule has 126 valence electrons. The highest BCUT2D eigenvalue weighted by atomic mass is 35.5. The van der Waals surface area contributed by atoms with Gasteiger partial charge in [0.25, 0.3) is 10.0 Å². The third-order valence-electron chi connectivity index (χ3n) is 3.67. The molecule has 0 unspecified atom stereocenters. The maximum absolute atomic E-state index is 12.7. The zero-order valence-electron chi connectivity index (χ0n) is 12.8. The number of halogens is 1. The van der Waals surface area contributed by atoms with Crippen molar-refractivity contribution in [3.8, 4) is 11.3 Å². The van der Waals surface area contributed by atoms with E-state index in [9.17, 15) is 8.42 Å². The van der Waals surface area contributed by atoms with Gasteiger partial charge in [0.2, 0.25) is 0 Å². The summed E-state index contributed by atoms with van der Waals surface area (Å²) in [6.07, 6.45) is 3.78. The number of para-hydroxylation sites is 1. The Morgan fingerprint density at radius 3 is 2.64 bits per heavy atom. The highest BCUT2D eigenvalue weighted by molar-refractivity contribution is 7.92. The van der Waals surface area contributed by atoms with Crippen LogP contribution in [0, 0.1) is 0 Å². The Morgan fingerprint density at radius 2 is 1.84 bits per heavy atom. The van der Waals surface area contributed by atoms with Crippen LogP contribution < -0.4 is 4.72 Å². The van der Waals surface area contributed by atoms with Gasteiger partial charge in [-0.25, -0.2) is 13.4 Å². The standard InChI is InChI=1S/C17H12ClN3O2S2/c18-13-6-2-4-8-16(13)25(22,23)20-14-7-3-1-5-12(14)15-11-21-9-10-24-17(21)19-15/h1-11,20H. The number of anilines is 1. The Kier molecular flexibility index (Phi) is 3.99. The molecule has 0 bridgehead atoms. The van der Waals surface area contributed by atoms with Gasteiger partial charge >= 0.3 is 0 Å². The summed E-state index contributed by atoms with van der Waals surface area (Å²) in [5.41, 5.74) is 1.85. The van der Waals surface area contributed by atoms with Crippen LogP contribution in [-0.2, 0) is 10.0 Å². The predicted octanol–water partition coefficient (Wildman–Crippen LogP) is 4.52. The van der Waals surface area contributed by atoms with Gasteiger partial charge in [-0.2, -0.15) is 0 Å². The average Bonchev–Trinajstić information content (AvgIpc) is 3.17. The van der Waals surface area contributed by atoms with Crippen molar-refractivity contribution in [2.24, 2.45) is 0 Å². The van der Waals surface area contributed by atoms with Gasteiger partial charge in [0.05, 0.1) is 16.4 Å². The molecule has 2 aromatic carbocycles. The minimum absolute atomic E-state index is 0.0392. The van der Waals surface area contributed by atoms with Gasteiger partial charge in [0, 0.05) is 23.3 Å². The fourth-order valence-electron chi connectivity index (χ4n) is 2.52. The largest absolute Gasteiger partial charge is 0.297 e. The van der Waals surface area contributed by atoms with E-state index < -0.39 is 10.0 Å². The molecule has 8 heteroatoms. The molecule has 0 fully saturated rings. The van der Waals surface area contributed by atoms with Crippen LogP contribution in [-0.4, -0.2) is 17.8 Å². The third kappa shape index (κ3) is 3.02. The molecule has 25 heavy (non-hydrogen) atoms. The van der Waals surface area contributed by atoms with Crippen LogP contribution in [0.25, 0.3) is 16.2 Å². The van der Waals surface area contributed by atoms with Crippen molar-refractivity contribution in [2.75, 3.05) is 4.72 Å². The Hall–Kier alpha value is -2.35. The van der Waals surface area contributed by atoms with E-state index in [0.717, 1.165) is 4.96 Å². The van der Waals surface area contributed by atoms with Gasteiger partial charge in [-0.3, -0.25) is 9.12 Å². The molecule has 2 aromatic heterocycles. The van der Waals surface area contributed by atoms with Crippen molar-refractivity contribution in [2.45, 2.75) is 4.90 Å². The Balaban J connectivity index is 1.77. The van der Waals surface area contributed by atoms with Crippen LogP contribution >= 0.6 is 22.9 Å². The fraction of sp³-hybridized carbons (Fsp3) is 0. The lowest BCUT2D eigenvalue weighted by Crippen LogP contribution is -2.14. The number of imidazole rings is 1. The summed E-state index contributed by atoms with van der Waals surface area (Å²) in [4.78, 5) is 5.43. The minimum Gasteiger partial charge on any atom is -0.297 e. The second-order valence-corrected chi connectivity index (χ2v) is 8.23. The normalized spacial score (nSPS) is 11.7. The van der Waals surface area contributed by atoms with Crippen LogP contribution in [0.3, 0.4) is 0 Å². The van der Waals surface area contributed by atoms with E-state index in [4.69, 9.17) is 11.6 Å². The van der Waals surface area contributed by atoms with Gasteiger partial charge in [-0.05, 0) is 18.2 Å². The van der Waals surface area contributed by atoms with E-state index in [1.807, 2.05) is 34.3 Å². The van der Waals surface area contributed by atoms with Crippen LogP contribution in [0.5, 0.6) is 0 Å². The van der Waals surface area contributed by atoms with E-state index >= 15 is 0 Å². The molecule has 2 heterocycles. The lowest BCUT2D eigenvalue weighted by atomic mass is 10.1. The van der Waals surface area contributed by atoms with Gasteiger partial charge < -0.3 is 0 Å². The zero-order valence-corrected chi connectivity index (χ0v) is 15.1. The van der Waals surface area contributed by atoms with Gasteiger partial charge in [0.15, 0.2) is 4.96 Å². The maximum Gasteiger partial charge on any atom is 0.263 e. The van der Waals surface area contributed by atoms with Gasteiger partial charge in [0.1, 0.15) is 4.90 Å². The molecule has 0 saturated carbocycles. The van der Waals surface area contributed by atoms with Crippen LogP contribution in [0.1, 0.15) is 0 Å². The first-order chi connectivity index (χ1) is 12.0. The number of nitrogens with zero attached hydrogens (tertiary/aromatic N) is 2. The summed E-state index contributed by atoms with van der Waals surface area (Å²) in [5, 5.41) is 2.12. The maximum atomic E-state index is 12.7. The highest BCUT2D eigenvalue weighted by Gasteiger charge is 2.20. The van der Waals surface area contributed by atoms with Crippen LogP contribution in [0.4, 0.5) is 5.69 Å². The first-order valence-electron chi connectivity index (χ1n) is 7.33. The molecule has 0 saturated heterocycles. The molecule has 5 nitrogen and oxygen atoms in total. The van der Waals surface area contributed by atoms with Crippen LogP contribution in [0.2, 0.25) is 5.02 Å². The van der Waals surface area contributed by atoms with Gasteiger partial charge in [-0.1, -0.05) is 41.9 Å². The summed E-state index contributed by atoms with van der Waals surface area (Å²) >= 11 is 7.55. The molecular weight excluding hydrogens is 378 g/mol. The Bertz CT molecular complexity index is 1140. The van der Waals surface area contributed by atoms with E-state index in [1.54, 1.807) is 30.3 Å². The number of thiazole rings is 1. The van der Waals surface area contributed by atoms with Crippen molar-refractivity contribution in [3.63, 3.8) is 0 Å². The Labute approximate surface area is 153 Å². The molecule has 0 amide bonds. The second kappa shape index (κ2) is 6.18. The smallest absolute Gasteiger partial charge is 0.263 e. The monoisotopic (exact) mass is 389 g/mol. The van der Waals surface area contributed by atoms with E-state index in [0.29, 0.717) is 16.9 Å². The number of rotatable bonds is 4. The first-order valence-corrected chi connectivity index (χ1v) is 10.1. The quantitative estimate of drug-likeness (QED) is 0.558. The van der Waals surface area contributed by atoms with Crippen molar-refractivity contribution in [1.82, 2.24) is 9.38 Å². The van der Waals surface area contributed by atoms with Crippen molar-refractivity contribution < 1.29 is 8.42 Å². The third-order valence-corrected chi connectivity index (χ3v) is 6.30. The molecule has 4 aromatic rings. The second-order valence-electron chi connectivity index (χ2n) is 5.30. The molecule has 0 spiro atoms. The fourth-order valence-corrected chi connectivity index (χ4v) is 4.82. The molecular formula is C17H12ClN3O2S2. The number of aromatic nitrogens is 2. The number of fused-ring (bicyclic) bond motifs is 1. The van der Waals surface area contributed by atoms with Crippen molar-refractivity contribution in [3.05, 3.63) is 71.3 Å². The lowest BCUT2D eigenvalue weighted by Gasteiger charge is -2.12. The summed E-state index contributed by atoms with van der Waals surface area (Å²) in [6.45, 7) is 0. The summed E-state index contributed by atoms with van der Waals surface area (Å²) in [5.74, 6) is 0. The van der Waals surface area contributed by atoms with Crippen molar-refractivity contribution in [1.29, 1.82) is 0 Å². The topological polar surface area (TPSA) is 63.5 Å². The number of sulfonamides is 1. The zero-order chi connectivity index (χ0) is 17.4. The number of benzene rings is 2. The van der Waals surface area contributed by atoms with E-state index in [1.165, 1.54) is 17.4 Å². The molecule has 0 aliphatic rings. The first kappa shape index (κ1) is 16.1. The molecule has 0 atom stereocenters. The molecule has 1 N–H and O–H groups in total. The summed E-state index contributed by atoms with van der Waals surface area (Å²) in [7, 11) is -3.81. The summed E-state index contributed by atoms with van der Waals surface area (Å²) in [6, 6.07) is 13.5. The van der Waals surface area contributed by atoms with E-state index in [2.05, 4.69) is 9.71 Å². The summed E-state index contributed by atoms with van der Waals surface area (Å²) < 4.78 is 29.9. The Morgan fingerprint density at radius 1 is 1.08 bits per heavy atom. The number of hydrogen-bond donors (Lipinski definition) is 1. The van der Waals surface area contributed by atoms with Crippen molar-refractivity contribution >= 4 is 43.6 Å². The number of nitrogens with one attached hydrogen (secondary N) is 1. The number of hydrogen-bond acceptors (Lipinski definition) is 4. The molecule has 4 rings (SSSR count). The lowest BCUT2D eigenvalue weighted by molar-refractivity contribution is 0.601. The van der Waals surface area contributed by atoms with Crippen LogP contribution in [0.15, 0.2) is 71.2 Å². The molecule has 0 aliphatic carbocycles. The highest BCUT2D eigenvalue weighted by Crippen LogP contribution is 2.31. The average molecular weight is 390 g/mol.